The number of aliphatic hydroxyl groups is 5. The summed E-state index contributed by atoms with van der Waals surface area (Å²) in [5, 5.41) is 50.4. The van der Waals surface area contributed by atoms with Gasteiger partial charge in [-0.05, 0) is 34.6 Å². The Morgan fingerprint density at radius 3 is 1.53 bits per heavy atom. The molecule has 1 fully saturated rings. The molecule has 0 radical (unpaired) electrons. The van der Waals surface area contributed by atoms with E-state index in [2.05, 4.69) is 0 Å². The fraction of sp³-hybridized carbons (Fsp3) is 1.00. The molecule has 1 heterocycles. The Morgan fingerprint density at radius 2 is 1.18 bits per heavy atom. The van der Waals surface area contributed by atoms with Gasteiger partial charge >= 0.3 is 0 Å². The van der Waals surface area contributed by atoms with Crippen molar-refractivity contribution in [1.29, 1.82) is 0 Å². The minimum atomic E-state index is -2.11. The van der Waals surface area contributed by atoms with E-state index in [9.17, 15) is 25.5 Å². The maximum absolute atomic E-state index is 10.4. The van der Waals surface area contributed by atoms with Gasteiger partial charge in [-0.15, -0.1) is 0 Å². The Kier molecular flexibility index (Phi) is 2.97. The molecule has 0 aliphatic carbocycles. The summed E-state index contributed by atoms with van der Waals surface area (Å²) in [6, 6.07) is 0. The first-order valence-corrected chi connectivity index (χ1v) is 5.47. The van der Waals surface area contributed by atoms with E-state index in [4.69, 9.17) is 4.74 Å². The molecule has 1 aliphatic rings. The zero-order valence-corrected chi connectivity index (χ0v) is 10.9. The maximum Gasteiger partial charge on any atom is 0.195 e. The molecule has 0 amide bonds. The van der Waals surface area contributed by atoms with Gasteiger partial charge in [0.1, 0.15) is 22.4 Å². The number of aliphatic hydroxyl groups excluding tert-OH is 1. The van der Waals surface area contributed by atoms with Gasteiger partial charge in [-0.3, -0.25) is 0 Å². The normalized spacial score (nSPS) is 60.4. The largest absolute Gasteiger partial charge is 0.393 e. The van der Waals surface area contributed by atoms with Crippen molar-refractivity contribution in [2.24, 2.45) is 0 Å². The van der Waals surface area contributed by atoms with Crippen molar-refractivity contribution in [3.63, 3.8) is 0 Å². The molecule has 6 heteroatoms. The highest BCUT2D eigenvalue weighted by Gasteiger charge is 2.73. The Labute approximate surface area is 100 Å². The van der Waals surface area contributed by atoms with Gasteiger partial charge in [0.2, 0.25) is 0 Å². The topological polar surface area (TPSA) is 110 Å². The third-order valence-electron chi connectivity index (χ3n) is 4.55. The molecule has 2 unspecified atom stereocenters. The van der Waals surface area contributed by atoms with Crippen LogP contribution in [0.2, 0.25) is 0 Å². The molecule has 0 spiro atoms. The highest BCUT2D eigenvalue weighted by Crippen LogP contribution is 2.52. The Morgan fingerprint density at radius 1 is 0.765 bits per heavy atom. The number of hydrogen-bond donors (Lipinski definition) is 5. The van der Waals surface area contributed by atoms with Gasteiger partial charge in [0.05, 0.1) is 6.61 Å². The third kappa shape index (κ3) is 1.49. The summed E-state index contributed by atoms with van der Waals surface area (Å²) < 4.78 is 5.22. The Hall–Kier alpha value is -0.240. The van der Waals surface area contributed by atoms with E-state index >= 15 is 0 Å². The minimum Gasteiger partial charge on any atom is -0.393 e. The van der Waals surface area contributed by atoms with Crippen molar-refractivity contribution in [2.75, 3.05) is 6.61 Å². The van der Waals surface area contributed by atoms with E-state index in [0.717, 1.165) is 0 Å². The first-order chi connectivity index (χ1) is 7.27. The first-order valence-electron chi connectivity index (χ1n) is 5.47. The van der Waals surface area contributed by atoms with Crippen molar-refractivity contribution < 1.29 is 30.3 Å². The summed E-state index contributed by atoms with van der Waals surface area (Å²) in [5.74, 6) is -2.11. The van der Waals surface area contributed by atoms with Gasteiger partial charge in [-0.2, -0.15) is 0 Å². The zero-order valence-electron chi connectivity index (χ0n) is 10.9. The van der Waals surface area contributed by atoms with Gasteiger partial charge in [-0.1, -0.05) is 0 Å². The first kappa shape index (κ1) is 14.8. The average Bonchev–Trinajstić information content (AvgIpc) is 2.14. The molecule has 5 N–H and O–H groups in total. The predicted molar refractivity (Wildman–Crippen MR) is 59.1 cm³/mol. The molecule has 1 saturated heterocycles. The van der Waals surface area contributed by atoms with Crippen LogP contribution in [-0.2, 0) is 4.74 Å². The molecule has 0 aromatic carbocycles. The molecule has 5 atom stereocenters. The van der Waals surface area contributed by atoms with Gasteiger partial charge in [0.15, 0.2) is 5.79 Å². The van der Waals surface area contributed by atoms with E-state index < -0.39 is 34.8 Å². The summed E-state index contributed by atoms with van der Waals surface area (Å²) in [4.78, 5) is 0. The molecule has 6 nitrogen and oxygen atoms in total. The second-order valence-electron chi connectivity index (χ2n) is 5.69. The molecular formula is C11H22O6. The van der Waals surface area contributed by atoms with E-state index in [0.29, 0.717) is 0 Å². The lowest BCUT2D eigenvalue weighted by Crippen LogP contribution is -2.84. The molecule has 0 bridgehead atoms. The summed E-state index contributed by atoms with van der Waals surface area (Å²) in [7, 11) is 0. The Bertz CT molecular complexity index is 320. The quantitative estimate of drug-likeness (QED) is 0.397. The van der Waals surface area contributed by atoms with E-state index in [1.807, 2.05) is 0 Å². The molecule has 17 heavy (non-hydrogen) atoms. The standard InChI is InChI=1S/C11H22O6/c1-7(6-12)8(2,13)9(3,14)10(4,15)11(5,16)17-7/h12-16H,6H2,1-5H3/t7?,8-,9?,10+,11-/m0/s1. The van der Waals surface area contributed by atoms with Crippen molar-refractivity contribution in [1.82, 2.24) is 0 Å². The molecule has 0 saturated carbocycles. The van der Waals surface area contributed by atoms with Gasteiger partial charge in [-0.25, -0.2) is 0 Å². The number of ether oxygens (including phenoxy) is 1. The summed E-state index contributed by atoms with van der Waals surface area (Å²) in [6.07, 6.45) is 0. The van der Waals surface area contributed by atoms with Crippen LogP contribution in [0.15, 0.2) is 0 Å². The second-order valence-corrected chi connectivity index (χ2v) is 5.69. The second kappa shape index (κ2) is 3.40. The van der Waals surface area contributed by atoms with Crippen LogP contribution in [0.25, 0.3) is 0 Å². The van der Waals surface area contributed by atoms with Crippen LogP contribution >= 0.6 is 0 Å². The summed E-state index contributed by atoms with van der Waals surface area (Å²) in [5.41, 5.74) is -7.76. The van der Waals surface area contributed by atoms with Crippen LogP contribution in [0.5, 0.6) is 0 Å². The van der Waals surface area contributed by atoms with Crippen LogP contribution in [0, 0.1) is 0 Å². The molecular weight excluding hydrogens is 228 g/mol. The fourth-order valence-electron chi connectivity index (χ4n) is 2.26. The molecule has 1 rings (SSSR count). The van der Waals surface area contributed by atoms with Gasteiger partial charge in [0, 0.05) is 0 Å². The number of hydrogen-bond acceptors (Lipinski definition) is 6. The van der Waals surface area contributed by atoms with Crippen LogP contribution in [0.3, 0.4) is 0 Å². The highest BCUT2D eigenvalue weighted by atomic mass is 16.7. The number of rotatable bonds is 1. The summed E-state index contributed by atoms with van der Waals surface area (Å²) >= 11 is 0. The SMILES string of the molecule is CC1(CO)O[C@](C)(O)[C@](C)(O)C(C)(O)[C@@]1(C)O. The van der Waals surface area contributed by atoms with E-state index in [1.165, 1.54) is 34.6 Å². The van der Waals surface area contributed by atoms with Crippen molar-refractivity contribution in [3.8, 4) is 0 Å². The Balaban J connectivity index is 3.46. The van der Waals surface area contributed by atoms with Crippen LogP contribution < -0.4 is 0 Å². The fourth-order valence-corrected chi connectivity index (χ4v) is 2.26. The van der Waals surface area contributed by atoms with E-state index in [-0.39, 0.29) is 0 Å². The smallest absolute Gasteiger partial charge is 0.195 e. The van der Waals surface area contributed by atoms with Crippen molar-refractivity contribution in [2.45, 2.75) is 62.8 Å². The average molecular weight is 250 g/mol. The van der Waals surface area contributed by atoms with Crippen molar-refractivity contribution >= 4 is 0 Å². The van der Waals surface area contributed by atoms with Gasteiger partial charge < -0.3 is 30.3 Å². The third-order valence-corrected chi connectivity index (χ3v) is 4.55. The molecule has 0 aromatic heterocycles. The molecule has 102 valence electrons. The van der Waals surface area contributed by atoms with Crippen molar-refractivity contribution in [3.05, 3.63) is 0 Å². The van der Waals surface area contributed by atoms with Crippen LogP contribution in [0.4, 0.5) is 0 Å². The molecule has 1 aliphatic heterocycles. The minimum absolute atomic E-state index is 0.623. The van der Waals surface area contributed by atoms with Crippen LogP contribution in [-0.4, -0.2) is 60.3 Å². The highest BCUT2D eigenvalue weighted by molar-refractivity contribution is 5.21. The summed E-state index contributed by atoms with van der Waals surface area (Å²) in [6.45, 7) is 5.50. The maximum atomic E-state index is 10.4. The monoisotopic (exact) mass is 250 g/mol. The molecule has 0 aromatic rings. The lowest BCUT2D eigenvalue weighted by Gasteiger charge is -2.63. The van der Waals surface area contributed by atoms with E-state index in [1.54, 1.807) is 0 Å². The van der Waals surface area contributed by atoms with Gasteiger partial charge in [0.25, 0.3) is 0 Å². The lowest BCUT2D eigenvalue weighted by molar-refractivity contribution is -0.449. The predicted octanol–water partition coefficient (Wildman–Crippen LogP) is -1.27. The van der Waals surface area contributed by atoms with Crippen LogP contribution in [0.1, 0.15) is 34.6 Å². The lowest BCUT2D eigenvalue weighted by atomic mass is 9.61. The zero-order chi connectivity index (χ0) is 13.9.